The first kappa shape index (κ1) is 19.0. The molecule has 3 rings (SSSR count). The second-order valence-electron chi connectivity index (χ2n) is 5.87. The number of esters is 1. The third kappa shape index (κ3) is 3.69. The van der Waals surface area contributed by atoms with Crippen LogP contribution in [-0.4, -0.2) is 28.5 Å². The van der Waals surface area contributed by atoms with Crippen LogP contribution >= 0.6 is 22.7 Å². The van der Waals surface area contributed by atoms with E-state index in [0.717, 1.165) is 21.5 Å². The van der Waals surface area contributed by atoms with Gasteiger partial charge in [0.05, 0.1) is 5.69 Å². The fourth-order valence-corrected chi connectivity index (χ4v) is 4.54. The van der Waals surface area contributed by atoms with Gasteiger partial charge < -0.3 is 10.5 Å². The molecule has 0 aliphatic carbocycles. The minimum absolute atomic E-state index is 0.0988. The number of fused-ring (bicyclic) bond motifs is 1. The maximum Gasteiger partial charge on any atom is 0.358 e. The van der Waals surface area contributed by atoms with Crippen molar-refractivity contribution in [1.82, 2.24) is 9.97 Å². The van der Waals surface area contributed by atoms with Gasteiger partial charge in [0.25, 0.3) is 5.91 Å². The maximum atomic E-state index is 12.7. The first-order valence-corrected chi connectivity index (χ1v) is 9.68. The van der Waals surface area contributed by atoms with Crippen LogP contribution in [0.3, 0.4) is 0 Å². The van der Waals surface area contributed by atoms with E-state index in [1.54, 1.807) is 6.92 Å². The molecule has 0 saturated carbocycles. The first-order valence-electron chi connectivity index (χ1n) is 8.04. The molecule has 0 radical (unpaired) electrons. The predicted octanol–water partition coefficient (Wildman–Crippen LogP) is 3.86. The molecule has 7 nitrogen and oxygen atoms in total. The second kappa shape index (κ2) is 7.45. The van der Waals surface area contributed by atoms with Gasteiger partial charge in [0.15, 0.2) is 10.8 Å². The molecule has 0 atom stereocenters. The number of thiophene rings is 1. The molecule has 9 heteroatoms. The average Bonchev–Trinajstić information content (AvgIpc) is 3.12. The molecule has 3 N–H and O–H groups in total. The van der Waals surface area contributed by atoms with Gasteiger partial charge in [-0.3, -0.25) is 10.1 Å². The Kier molecular flexibility index (Phi) is 5.24. The van der Waals surface area contributed by atoms with E-state index in [-0.39, 0.29) is 18.2 Å². The molecule has 0 fully saturated rings. The fourth-order valence-electron chi connectivity index (χ4n) is 2.63. The van der Waals surface area contributed by atoms with Crippen molar-refractivity contribution < 1.29 is 14.3 Å². The topological polar surface area (TPSA) is 107 Å². The minimum Gasteiger partial charge on any atom is -0.457 e. The Hall–Kier alpha value is -2.78. The van der Waals surface area contributed by atoms with Gasteiger partial charge in [0, 0.05) is 16.0 Å². The van der Waals surface area contributed by atoms with Gasteiger partial charge in [-0.05, 0) is 32.4 Å². The summed E-state index contributed by atoms with van der Waals surface area (Å²) in [7, 11) is 0. The summed E-state index contributed by atoms with van der Waals surface area (Å²) in [6.07, 6.45) is 1.48. The number of anilines is 2. The molecule has 140 valence electrons. The van der Waals surface area contributed by atoms with Crippen LogP contribution in [0.1, 0.15) is 36.3 Å². The quantitative estimate of drug-likeness (QED) is 0.496. The van der Waals surface area contributed by atoms with Crippen LogP contribution in [0.15, 0.2) is 18.7 Å². The molecule has 0 unspecified atom stereocenters. The number of pyridine rings is 1. The molecule has 0 saturated heterocycles. The van der Waals surface area contributed by atoms with Crippen molar-refractivity contribution in [2.24, 2.45) is 0 Å². The van der Waals surface area contributed by atoms with E-state index in [1.807, 2.05) is 19.9 Å². The Morgan fingerprint density at radius 1 is 1.30 bits per heavy atom. The fraction of sp³-hybridized carbons (Fsp3) is 0.222. The van der Waals surface area contributed by atoms with E-state index in [4.69, 9.17) is 10.5 Å². The Morgan fingerprint density at radius 3 is 2.74 bits per heavy atom. The highest BCUT2D eigenvalue weighted by Crippen LogP contribution is 2.35. The molecule has 0 spiro atoms. The number of rotatable bonds is 5. The molecular weight excluding hydrogens is 384 g/mol. The zero-order valence-electron chi connectivity index (χ0n) is 15.1. The van der Waals surface area contributed by atoms with Crippen molar-refractivity contribution in [3.63, 3.8) is 0 Å². The predicted molar refractivity (Wildman–Crippen MR) is 109 cm³/mol. The van der Waals surface area contributed by atoms with Crippen molar-refractivity contribution >= 4 is 55.6 Å². The number of amides is 1. The lowest BCUT2D eigenvalue weighted by atomic mass is 10.1. The third-order valence-electron chi connectivity index (χ3n) is 3.77. The number of thiazole rings is 1. The number of hydrogen-bond donors (Lipinski definition) is 2. The monoisotopic (exact) mass is 402 g/mol. The summed E-state index contributed by atoms with van der Waals surface area (Å²) >= 11 is 2.43. The lowest BCUT2D eigenvalue weighted by Crippen LogP contribution is -2.12. The van der Waals surface area contributed by atoms with Gasteiger partial charge in [-0.1, -0.05) is 12.7 Å². The Morgan fingerprint density at radius 2 is 2.04 bits per heavy atom. The van der Waals surface area contributed by atoms with Crippen LogP contribution < -0.4 is 11.1 Å². The number of carbonyl (C=O) groups excluding carboxylic acids is 2. The Labute approximate surface area is 163 Å². The first-order chi connectivity index (χ1) is 12.8. The van der Waals surface area contributed by atoms with E-state index in [1.165, 1.54) is 28.7 Å². The highest BCUT2D eigenvalue weighted by molar-refractivity contribution is 7.21. The summed E-state index contributed by atoms with van der Waals surface area (Å²) in [5.74, 6) is -0.937. The summed E-state index contributed by atoms with van der Waals surface area (Å²) in [5.41, 5.74) is 8.61. The third-order valence-corrected chi connectivity index (χ3v) is 5.76. The van der Waals surface area contributed by atoms with Crippen LogP contribution in [0.2, 0.25) is 0 Å². The summed E-state index contributed by atoms with van der Waals surface area (Å²) in [5, 5.41) is 3.81. The standard InChI is InChI=1S/C18H18N4O3S2/c1-5-6-25-17(24)13-10(4)26-18(21-13)22-15(23)14-12(19)11-8(2)7-9(3)20-16(11)27-14/h5,7H,1,6,19H2,2-4H3,(H,21,22,23). The van der Waals surface area contributed by atoms with Crippen molar-refractivity contribution in [2.75, 3.05) is 17.7 Å². The van der Waals surface area contributed by atoms with Crippen molar-refractivity contribution in [3.05, 3.63) is 45.4 Å². The van der Waals surface area contributed by atoms with Crippen LogP contribution in [-0.2, 0) is 4.74 Å². The van der Waals surface area contributed by atoms with Gasteiger partial charge in [0.1, 0.15) is 16.3 Å². The lowest BCUT2D eigenvalue weighted by molar-refractivity contribution is 0.0543. The highest BCUT2D eigenvalue weighted by Gasteiger charge is 2.22. The number of nitrogens with zero attached hydrogens (tertiary/aromatic N) is 2. The van der Waals surface area contributed by atoms with Crippen molar-refractivity contribution in [1.29, 1.82) is 0 Å². The molecule has 1 amide bonds. The van der Waals surface area contributed by atoms with Crippen molar-refractivity contribution in [2.45, 2.75) is 20.8 Å². The molecule has 0 aliphatic heterocycles. The van der Waals surface area contributed by atoms with E-state index in [2.05, 4.69) is 21.9 Å². The van der Waals surface area contributed by atoms with Gasteiger partial charge in [-0.2, -0.15) is 0 Å². The summed E-state index contributed by atoms with van der Waals surface area (Å²) < 4.78 is 4.99. The van der Waals surface area contributed by atoms with Crippen LogP contribution in [0.25, 0.3) is 10.2 Å². The minimum atomic E-state index is -0.555. The number of aryl methyl sites for hydroxylation is 3. The average molecular weight is 403 g/mol. The van der Waals surface area contributed by atoms with Crippen LogP contribution in [0.5, 0.6) is 0 Å². The summed E-state index contributed by atoms with van der Waals surface area (Å²) in [4.78, 5) is 35.0. The largest absolute Gasteiger partial charge is 0.457 e. The zero-order chi connectivity index (χ0) is 19.7. The zero-order valence-corrected chi connectivity index (χ0v) is 16.7. The number of carbonyl (C=O) groups is 2. The lowest BCUT2D eigenvalue weighted by Gasteiger charge is -2.01. The number of nitrogens with two attached hydrogens (primary N) is 1. The summed E-state index contributed by atoms with van der Waals surface area (Å²) in [6.45, 7) is 9.17. The molecule has 3 aromatic heterocycles. The SMILES string of the molecule is C=CCOC(=O)c1nc(NC(=O)c2sc3nc(C)cc(C)c3c2N)sc1C. The highest BCUT2D eigenvalue weighted by atomic mass is 32.1. The van der Waals surface area contributed by atoms with E-state index in [9.17, 15) is 9.59 Å². The number of nitrogens with one attached hydrogen (secondary N) is 1. The number of nitrogen functional groups attached to an aromatic ring is 1. The van der Waals surface area contributed by atoms with Gasteiger partial charge in [-0.15, -0.1) is 22.7 Å². The van der Waals surface area contributed by atoms with Crippen LogP contribution in [0.4, 0.5) is 10.8 Å². The Balaban J connectivity index is 1.87. The molecule has 27 heavy (non-hydrogen) atoms. The second-order valence-corrected chi connectivity index (χ2v) is 8.07. The normalized spacial score (nSPS) is 10.8. The van der Waals surface area contributed by atoms with E-state index >= 15 is 0 Å². The molecule has 3 heterocycles. The van der Waals surface area contributed by atoms with Gasteiger partial charge in [0.2, 0.25) is 0 Å². The number of ether oxygens (including phenoxy) is 1. The molecule has 0 bridgehead atoms. The summed E-state index contributed by atoms with van der Waals surface area (Å²) in [6, 6.07) is 1.93. The Bertz CT molecular complexity index is 1070. The number of hydrogen-bond acceptors (Lipinski definition) is 8. The van der Waals surface area contributed by atoms with Gasteiger partial charge in [-0.25, -0.2) is 14.8 Å². The van der Waals surface area contributed by atoms with E-state index < -0.39 is 5.97 Å². The molecule has 0 aliphatic rings. The maximum absolute atomic E-state index is 12.7. The van der Waals surface area contributed by atoms with E-state index in [0.29, 0.717) is 20.6 Å². The molecular formula is C18H18N4O3S2. The number of aromatic nitrogens is 2. The van der Waals surface area contributed by atoms with Crippen LogP contribution in [0, 0.1) is 20.8 Å². The molecule has 3 aromatic rings. The smallest absolute Gasteiger partial charge is 0.358 e. The molecule has 0 aromatic carbocycles. The van der Waals surface area contributed by atoms with Gasteiger partial charge >= 0.3 is 5.97 Å². The van der Waals surface area contributed by atoms with Crippen molar-refractivity contribution in [3.8, 4) is 0 Å².